The van der Waals surface area contributed by atoms with Gasteiger partial charge in [0.15, 0.2) is 6.10 Å². The maximum Gasteiger partial charge on any atom is 0.415 e. The second-order valence-corrected chi connectivity index (χ2v) is 10.2. The minimum atomic E-state index is -0.568. The van der Waals surface area contributed by atoms with Gasteiger partial charge in [0.25, 0.3) is 0 Å². The third-order valence-corrected chi connectivity index (χ3v) is 7.95. The van der Waals surface area contributed by atoms with Crippen LogP contribution in [0.15, 0.2) is 72.8 Å². The fourth-order valence-electron chi connectivity index (χ4n) is 5.71. The molecule has 0 N–H and O–H groups in total. The summed E-state index contributed by atoms with van der Waals surface area (Å²) in [5.74, 6) is 0.304. The molecule has 1 atom stereocenters. The highest BCUT2D eigenvalue weighted by Gasteiger charge is 2.47. The van der Waals surface area contributed by atoms with Crippen LogP contribution in [0.1, 0.15) is 24.0 Å². The van der Waals surface area contributed by atoms with Crippen LogP contribution in [0.25, 0.3) is 0 Å². The van der Waals surface area contributed by atoms with Gasteiger partial charge < -0.3 is 14.0 Å². The number of ether oxygens (including phenoxy) is 2. The Kier molecular flexibility index (Phi) is 7.42. The third-order valence-electron chi connectivity index (χ3n) is 7.95. The van der Waals surface area contributed by atoms with Crippen molar-refractivity contribution in [3.63, 3.8) is 0 Å². The molecule has 0 unspecified atom stereocenters. The van der Waals surface area contributed by atoms with Crippen molar-refractivity contribution in [2.75, 3.05) is 38.2 Å². The number of benzene rings is 3. The summed E-state index contributed by atoms with van der Waals surface area (Å²) < 4.78 is 40.5. The highest BCUT2D eigenvalue weighted by Crippen LogP contribution is 2.36. The molecule has 5 nitrogen and oxygen atoms in total. The summed E-state index contributed by atoms with van der Waals surface area (Å²) in [4.78, 5) is 14.8. The van der Waals surface area contributed by atoms with Crippen LogP contribution >= 0.6 is 0 Å². The number of hydrogen-bond donors (Lipinski definition) is 0. The van der Waals surface area contributed by atoms with E-state index in [1.54, 1.807) is 37.4 Å². The fraction of sp³-hybridized carbons (Fsp3) is 0.367. The molecule has 0 radical (unpaired) electrons. The topological polar surface area (TPSA) is 38.8 Å². The van der Waals surface area contributed by atoms with E-state index in [4.69, 9.17) is 9.47 Å². The summed E-state index contributed by atoms with van der Waals surface area (Å²) in [6.45, 7) is 4.02. The molecule has 0 aliphatic carbocycles. The van der Waals surface area contributed by atoms with Crippen molar-refractivity contribution in [2.45, 2.75) is 31.9 Å². The molecule has 3 aromatic carbocycles. The lowest BCUT2D eigenvalue weighted by Crippen LogP contribution is -2.65. The van der Waals surface area contributed by atoms with Gasteiger partial charge >= 0.3 is 6.09 Å². The van der Waals surface area contributed by atoms with Crippen molar-refractivity contribution in [2.24, 2.45) is 5.92 Å². The third kappa shape index (κ3) is 5.77. The second-order valence-electron chi connectivity index (χ2n) is 10.2. The molecule has 3 heterocycles. The average Bonchev–Trinajstić information content (AvgIpc) is 2.93. The van der Waals surface area contributed by atoms with Gasteiger partial charge in [-0.25, -0.2) is 13.6 Å². The van der Waals surface area contributed by atoms with Gasteiger partial charge in [-0.1, -0.05) is 36.4 Å². The number of piperidine rings is 3. The maximum absolute atomic E-state index is 14.7. The normalized spacial score (nSPS) is 22.5. The zero-order valence-corrected chi connectivity index (χ0v) is 21.1. The summed E-state index contributed by atoms with van der Waals surface area (Å²) in [6.07, 6.45) is 2.19. The Balaban J connectivity index is 1.29. The van der Waals surface area contributed by atoms with Crippen LogP contribution in [-0.2, 0) is 17.7 Å². The fourth-order valence-corrected chi connectivity index (χ4v) is 5.71. The summed E-state index contributed by atoms with van der Waals surface area (Å²) in [6, 6.07) is 20.2. The monoisotopic (exact) mass is 507 g/mol. The standard InChI is InChI=1S/C30H33F2N2O3/c1-36-26-12-8-22(9-13-26)14-17-34-18-15-24(16-19-34)29(21-34)37-30(35)33(28-5-3-2-4-27(28)32)20-23-6-10-25(31)11-7-23/h2-13,24,29H,14-21H2,1H3/q+1/t24?,29-,34?/m0/s1. The summed E-state index contributed by atoms with van der Waals surface area (Å²) >= 11 is 0. The lowest BCUT2D eigenvalue weighted by Gasteiger charge is -2.52. The first-order valence-corrected chi connectivity index (χ1v) is 12.9. The summed E-state index contributed by atoms with van der Waals surface area (Å²) in [5.41, 5.74) is 2.11. The van der Waals surface area contributed by atoms with Crippen molar-refractivity contribution in [1.29, 1.82) is 0 Å². The highest BCUT2D eigenvalue weighted by atomic mass is 19.1. The van der Waals surface area contributed by atoms with Crippen molar-refractivity contribution < 1.29 is 27.5 Å². The number of quaternary nitrogens is 1. The van der Waals surface area contributed by atoms with E-state index in [0.717, 1.165) is 55.7 Å². The molecule has 2 bridgehead atoms. The predicted octanol–water partition coefficient (Wildman–Crippen LogP) is 5.97. The van der Waals surface area contributed by atoms with Gasteiger partial charge in [0.2, 0.25) is 0 Å². The van der Waals surface area contributed by atoms with Crippen molar-refractivity contribution in [3.8, 4) is 5.75 Å². The lowest BCUT2D eigenvalue weighted by atomic mass is 9.83. The first-order chi connectivity index (χ1) is 17.9. The van der Waals surface area contributed by atoms with E-state index in [-0.39, 0.29) is 24.2 Å². The van der Waals surface area contributed by atoms with E-state index in [0.29, 0.717) is 11.5 Å². The van der Waals surface area contributed by atoms with Crippen LogP contribution in [0.4, 0.5) is 19.3 Å². The molecular formula is C30H33F2N2O3+. The van der Waals surface area contributed by atoms with Gasteiger partial charge in [-0.3, -0.25) is 4.90 Å². The molecule has 7 heteroatoms. The molecule has 3 aliphatic rings. The van der Waals surface area contributed by atoms with E-state index < -0.39 is 11.9 Å². The van der Waals surface area contributed by atoms with Gasteiger partial charge in [0, 0.05) is 25.2 Å². The van der Waals surface area contributed by atoms with Crippen LogP contribution in [0, 0.1) is 17.6 Å². The number of hydrogen-bond acceptors (Lipinski definition) is 3. The van der Waals surface area contributed by atoms with Crippen LogP contribution in [0.3, 0.4) is 0 Å². The molecule has 0 saturated carbocycles. The van der Waals surface area contributed by atoms with E-state index in [1.165, 1.54) is 28.7 Å². The van der Waals surface area contributed by atoms with Crippen LogP contribution in [0.2, 0.25) is 0 Å². The minimum absolute atomic E-state index is 0.0922. The van der Waals surface area contributed by atoms with E-state index in [1.807, 2.05) is 12.1 Å². The molecule has 3 aliphatic heterocycles. The SMILES string of the molecule is COc1ccc(CC[N+]23CCC(CC2)[C@@H](OC(=O)N(Cc2ccc(F)cc2)c2ccccc2F)C3)cc1. The van der Waals surface area contributed by atoms with E-state index >= 15 is 0 Å². The van der Waals surface area contributed by atoms with Crippen molar-refractivity contribution in [1.82, 2.24) is 0 Å². The Morgan fingerprint density at radius 2 is 1.62 bits per heavy atom. The van der Waals surface area contributed by atoms with Gasteiger partial charge in [-0.15, -0.1) is 0 Å². The molecule has 194 valence electrons. The maximum atomic E-state index is 14.7. The number of fused-ring (bicyclic) bond motifs is 3. The molecule has 0 spiro atoms. The number of methoxy groups -OCH3 is 1. The minimum Gasteiger partial charge on any atom is -0.497 e. The summed E-state index contributed by atoms with van der Waals surface area (Å²) in [5, 5.41) is 0. The van der Waals surface area contributed by atoms with Crippen molar-refractivity contribution >= 4 is 11.8 Å². The Hall–Kier alpha value is -3.45. The van der Waals surface area contributed by atoms with Crippen LogP contribution < -0.4 is 9.64 Å². The summed E-state index contributed by atoms with van der Waals surface area (Å²) in [7, 11) is 1.67. The Bertz CT molecular complexity index is 1210. The Labute approximate surface area is 216 Å². The van der Waals surface area contributed by atoms with E-state index in [9.17, 15) is 13.6 Å². The molecule has 37 heavy (non-hydrogen) atoms. The predicted molar refractivity (Wildman–Crippen MR) is 138 cm³/mol. The van der Waals surface area contributed by atoms with Gasteiger partial charge in [0.1, 0.15) is 23.9 Å². The molecule has 3 aromatic rings. The number of nitrogens with zero attached hydrogens (tertiary/aromatic N) is 2. The zero-order valence-electron chi connectivity index (χ0n) is 21.1. The lowest BCUT2D eigenvalue weighted by molar-refractivity contribution is -0.945. The van der Waals surface area contributed by atoms with Crippen LogP contribution in [0.5, 0.6) is 5.75 Å². The first kappa shape index (κ1) is 25.2. The second kappa shape index (κ2) is 10.9. The number of carbonyl (C=O) groups is 1. The smallest absolute Gasteiger partial charge is 0.415 e. The molecule has 3 saturated heterocycles. The number of halogens is 2. The number of anilines is 1. The van der Waals surface area contributed by atoms with Gasteiger partial charge in [-0.05, 0) is 47.5 Å². The number of para-hydroxylation sites is 1. The molecule has 6 rings (SSSR count). The van der Waals surface area contributed by atoms with Gasteiger partial charge in [0.05, 0.1) is 39.0 Å². The molecule has 0 aromatic heterocycles. The average molecular weight is 508 g/mol. The van der Waals surface area contributed by atoms with Crippen molar-refractivity contribution in [3.05, 3.63) is 95.6 Å². The van der Waals surface area contributed by atoms with Gasteiger partial charge in [-0.2, -0.15) is 0 Å². The molecule has 3 fully saturated rings. The Morgan fingerprint density at radius 1 is 0.946 bits per heavy atom. The number of amides is 1. The van der Waals surface area contributed by atoms with Crippen LogP contribution in [-0.4, -0.2) is 50.0 Å². The largest absolute Gasteiger partial charge is 0.497 e. The zero-order chi connectivity index (χ0) is 25.8. The highest BCUT2D eigenvalue weighted by molar-refractivity contribution is 5.87. The quantitative estimate of drug-likeness (QED) is 0.353. The number of rotatable bonds is 8. The molecule has 1 amide bonds. The number of carbonyl (C=O) groups excluding carboxylic acids is 1. The molecular weight excluding hydrogens is 474 g/mol. The van der Waals surface area contributed by atoms with E-state index in [2.05, 4.69) is 12.1 Å². The Morgan fingerprint density at radius 3 is 2.30 bits per heavy atom. The first-order valence-electron chi connectivity index (χ1n) is 12.9.